The van der Waals surface area contributed by atoms with E-state index in [1.54, 1.807) is 32.4 Å². The van der Waals surface area contributed by atoms with Crippen LogP contribution in [0.1, 0.15) is 57.0 Å². The van der Waals surface area contributed by atoms with E-state index in [0.717, 1.165) is 29.7 Å². The molecule has 4 aromatic carbocycles. The van der Waals surface area contributed by atoms with Crippen LogP contribution >= 0.6 is 0 Å². The van der Waals surface area contributed by atoms with Crippen molar-refractivity contribution in [2.75, 3.05) is 32.6 Å². The lowest BCUT2D eigenvalue weighted by Crippen LogP contribution is -2.41. The summed E-state index contributed by atoms with van der Waals surface area (Å²) in [6, 6.07) is 17.4. The quantitative estimate of drug-likeness (QED) is 0.115. The van der Waals surface area contributed by atoms with Crippen LogP contribution in [-0.2, 0) is 29.0 Å². The number of carbonyl (C=O) groups excluding carboxylic acids is 1. The third-order valence-electron chi connectivity index (χ3n) is 8.73. The Morgan fingerprint density at radius 2 is 1.51 bits per heavy atom. The Bertz CT molecular complexity index is 1830. The van der Waals surface area contributed by atoms with E-state index < -0.39 is 53.0 Å². The highest BCUT2D eigenvalue weighted by molar-refractivity contribution is 6.04. The maximum Gasteiger partial charge on any atom is 0.261 e. The minimum Gasteiger partial charge on any atom is -0.493 e. The number of benzene rings is 4. The Morgan fingerprint density at radius 3 is 2.16 bits per heavy atom. The number of amides is 1. The monoisotopic (exact) mass is 684 g/mol. The summed E-state index contributed by atoms with van der Waals surface area (Å²) in [5.41, 5.74) is 2.73. The molecule has 0 unspecified atom stereocenters. The van der Waals surface area contributed by atoms with Gasteiger partial charge in [-0.3, -0.25) is 9.69 Å². The molecule has 3 atom stereocenters. The number of fused-ring (bicyclic) bond motifs is 1. The third kappa shape index (κ3) is 7.11. The molecule has 4 aromatic rings. The molecule has 0 spiro atoms. The van der Waals surface area contributed by atoms with Crippen LogP contribution in [0.2, 0.25) is 0 Å². The maximum atomic E-state index is 14.3. The van der Waals surface area contributed by atoms with E-state index in [-0.39, 0.29) is 18.4 Å². The molecule has 1 amide bonds. The van der Waals surface area contributed by atoms with Crippen LogP contribution < -0.4 is 14.8 Å². The number of nitrogens with one attached hydrogen (secondary N) is 1. The summed E-state index contributed by atoms with van der Waals surface area (Å²) in [4.78, 5) is 15.0. The lowest BCUT2D eigenvalue weighted by Gasteiger charge is -2.39. The van der Waals surface area contributed by atoms with E-state index in [9.17, 15) is 31.9 Å². The van der Waals surface area contributed by atoms with E-state index in [0.29, 0.717) is 36.6 Å². The number of carbonyl (C=O) groups is 1. The van der Waals surface area contributed by atoms with Crippen molar-refractivity contribution in [1.29, 1.82) is 0 Å². The Balaban J connectivity index is 1.24. The first-order valence-corrected chi connectivity index (χ1v) is 15.5. The van der Waals surface area contributed by atoms with Gasteiger partial charge < -0.3 is 29.4 Å². The molecule has 0 saturated carbocycles. The van der Waals surface area contributed by atoms with Crippen molar-refractivity contribution in [3.8, 4) is 11.5 Å². The summed E-state index contributed by atoms with van der Waals surface area (Å²) in [5.74, 6) is -11.5. The number of hydrogen-bond donors (Lipinski definition) is 2. The molecule has 0 aromatic heterocycles. The van der Waals surface area contributed by atoms with Gasteiger partial charge in [0.1, 0.15) is 5.56 Å². The van der Waals surface area contributed by atoms with Crippen LogP contribution in [0.5, 0.6) is 11.5 Å². The smallest absolute Gasteiger partial charge is 0.261 e. The zero-order valence-electron chi connectivity index (χ0n) is 26.6. The van der Waals surface area contributed by atoms with E-state index in [1.807, 2.05) is 24.3 Å². The van der Waals surface area contributed by atoms with Crippen LogP contribution in [0.4, 0.5) is 27.6 Å². The van der Waals surface area contributed by atoms with Crippen molar-refractivity contribution in [3.63, 3.8) is 0 Å². The van der Waals surface area contributed by atoms with Gasteiger partial charge in [-0.15, -0.1) is 0 Å². The standard InChI is InChI=1S/C36H33F5N2O6/c1-46-27-13-21-10-11-43(16-23(21)14-28(27)47-2)17-25-15-26(20-8-6-19(18-44)7-9-20)49-36(48-25)22-4-3-5-24(12-22)42-35(45)29-30(37)32(39)34(41)33(40)31(29)38/h3-9,12-14,25-26,36,44H,10-11,15-18H2,1-2H3,(H,42,45)/t25-,26+,36+/m0/s1. The maximum absolute atomic E-state index is 14.3. The van der Waals surface area contributed by atoms with Crippen molar-refractivity contribution in [3.05, 3.63) is 123 Å². The normalized spacial score (nSPS) is 19.3. The predicted octanol–water partition coefficient (Wildman–Crippen LogP) is 6.75. The van der Waals surface area contributed by atoms with Gasteiger partial charge in [-0.1, -0.05) is 36.4 Å². The molecule has 258 valence electrons. The molecule has 0 aliphatic carbocycles. The fourth-order valence-electron chi connectivity index (χ4n) is 6.18. The van der Waals surface area contributed by atoms with Crippen molar-refractivity contribution in [2.45, 2.75) is 44.5 Å². The Morgan fingerprint density at radius 1 is 0.857 bits per heavy atom. The molecule has 0 radical (unpaired) electrons. The summed E-state index contributed by atoms with van der Waals surface area (Å²) in [6.07, 6.45) is -0.409. The van der Waals surface area contributed by atoms with Gasteiger partial charge in [-0.25, -0.2) is 22.0 Å². The first kappa shape index (κ1) is 34.3. The van der Waals surface area contributed by atoms with E-state index in [4.69, 9.17) is 18.9 Å². The van der Waals surface area contributed by atoms with Crippen LogP contribution in [0.25, 0.3) is 0 Å². The van der Waals surface area contributed by atoms with E-state index in [1.165, 1.54) is 23.8 Å². The molecule has 6 rings (SSSR count). The van der Waals surface area contributed by atoms with Gasteiger partial charge in [0.2, 0.25) is 5.82 Å². The fraction of sp³-hybridized carbons (Fsp3) is 0.306. The third-order valence-corrected chi connectivity index (χ3v) is 8.73. The Kier molecular flexibility index (Phi) is 10.2. The molecule has 49 heavy (non-hydrogen) atoms. The molecule has 1 fully saturated rings. The highest BCUT2D eigenvalue weighted by Gasteiger charge is 2.35. The fourth-order valence-corrected chi connectivity index (χ4v) is 6.18. The predicted molar refractivity (Wildman–Crippen MR) is 168 cm³/mol. The summed E-state index contributed by atoms with van der Waals surface area (Å²) in [7, 11) is 3.19. The highest BCUT2D eigenvalue weighted by atomic mass is 19.2. The van der Waals surface area contributed by atoms with Crippen LogP contribution in [0.3, 0.4) is 0 Å². The molecule has 0 bridgehead atoms. The van der Waals surface area contributed by atoms with Crippen molar-refractivity contribution >= 4 is 11.6 Å². The van der Waals surface area contributed by atoms with Crippen LogP contribution in [-0.4, -0.2) is 49.3 Å². The number of nitrogens with zero attached hydrogens (tertiary/aromatic N) is 1. The number of hydrogen-bond acceptors (Lipinski definition) is 7. The van der Waals surface area contributed by atoms with Crippen LogP contribution in [0.15, 0.2) is 60.7 Å². The van der Waals surface area contributed by atoms with E-state index >= 15 is 0 Å². The molecule has 2 N–H and O–H groups in total. The van der Waals surface area contributed by atoms with Crippen molar-refractivity contribution in [2.24, 2.45) is 0 Å². The molecule has 1 saturated heterocycles. The second-order valence-electron chi connectivity index (χ2n) is 11.8. The number of rotatable bonds is 9. The second-order valence-corrected chi connectivity index (χ2v) is 11.8. The summed E-state index contributed by atoms with van der Waals surface area (Å²) in [6.45, 7) is 1.85. The average molecular weight is 685 g/mol. The Labute approximate surface area is 279 Å². The van der Waals surface area contributed by atoms with Gasteiger partial charge in [0.05, 0.1) is 33.0 Å². The molecular formula is C36H33F5N2O6. The summed E-state index contributed by atoms with van der Waals surface area (Å²) in [5, 5.41) is 11.7. The number of halogens is 5. The lowest BCUT2D eigenvalue weighted by molar-refractivity contribution is -0.253. The molecule has 13 heteroatoms. The number of anilines is 1. The number of ether oxygens (including phenoxy) is 4. The second kappa shape index (κ2) is 14.5. The summed E-state index contributed by atoms with van der Waals surface area (Å²) < 4.78 is 93.5. The lowest BCUT2D eigenvalue weighted by atomic mass is 9.97. The average Bonchev–Trinajstić information content (AvgIpc) is 3.12. The minimum atomic E-state index is -2.36. The zero-order chi connectivity index (χ0) is 34.8. The SMILES string of the molecule is COc1cc2c(cc1OC)CN(C[C@@H]1C[C@H](c3ccc(CO)cc3)O[C@H](c3cccc(NC(=O)c4c(F)c(F)c(F)c(F)c4F)c3)O1)CC2. The minimum absolute atomic E-state index is 0.0154. The van der Waals surface area contributed by atoms with Crippen molar-refractivity contribution in [1.82, 2.24) is 4.90 Å². The first-order chi connectivity index (χ1) is 23.6. The number of aliphatic hydroxyl groups is 1. The van der Waals surface area contributed by atoms with Gasteiger partial charge in [0.25, 0.3) is 5.91 Å². The zero-order valence-corrected chi connectivity index (χ0v) is 26.6. The van der Waals surface area contributed by atoms with Gasteiger partial charge in [-0.05, 0) is 52.9 Å². The Hall–Kier alpha value is -4.56. The van der Waals surface area contributed by atoms with Crippen molar-refractivity contribution < 1.29 is 50.8 Å². The summed E-state index contributed by atoms with van der Waals surface area (Å²) >= 11 is 0. The number of methoxy groups -OCH3 is 2. The molecule has 2 aliphatic rings. The van der Waals surface area contributed by atoms with Gasteiger partial charge in [0, 0.05) is 37.3 Å². The topological polar surface area (TPSA) is 89.5 Å². The van der Waals surface area contributed by atoms with E-state index in [2.05, 4.69) is 10.2 Å². The highest BCUT2D eigenvalue weighted by Crippen LogP contribution is 2.40. The number of aliphatic hydroxyl groups excluding tert-OH is 1. The molecule has 2 heterocycles. The largest absolute Gasteiger partial charge is 0.493 e. The molecule has 8 nitrogen and oxygen atoms in total. The molecule has 2 aliphatic heterocycles. The molecular weight excluding hydrogens is 651 g/mol. The van der Waals surface area contributed by atoms with Gasteiger partial charge >= 0.3 is 0 Å². The van der Waals surface area contributed by atoms with Gasteiger partial charge in [-0.2, -0.15) is 0 Å². The van der Waals surface area contributed by atoms with Crippen LogP contribution in [0, 0.1) is 29.1 Å². The first-order valence-electron chi connectivity index (χ1n) is 15.5. The van der Waals surface area contributed by atoms with Gasteiger partial charge in [0.15, 0.2) is 41.1 Å².